The number of nitrogens with one attached hydrogen (secondary N) is 1. The van der Waals surface area contributed by atoms with Gasteiger partial charge in [0.15, 0.2) is 0 Å². The summed E-state index contributed by atoms with van der Waals surface area (Å²) < 4.78 is 13.6. The van der Waals surface area contributed by atoms with Gasteiger partial charge in [0.25, 0.3) is 0 Å². The largest absolute Gasteiger partial charge is 0.371 e. The molecule has 2 aliphatic rings. The number of hydrogen-bond acceptors (Lipinski definition) is 3. The number of fused-ring (bicyclic) bond motifs is 2. The summed E-state index contributed by atoms with van der Waals surface area (Å²) in [6.45, 7) is 1.84. The lowest BCUT2D eigenvalue weighted by Gasteiger charge is -2.44. The summed E-state index contributed by atoms with van der Waals surface area (Å²) in [6, 6.07) is 5.50. The molecular weight excluding hydrogens is 269 g/mol. The molecule has 0 radical (unpaired) electrons. The van der Waals surface area contributed by atoms with E-state index in [9.17, 15) is 9.18 Å². The summed E-state index contributed by atoms with van der Waals surface area (Å²) >= 11 is 0. The highest BCUT2D eigenvalue weighted by atomic mass is 19.1. The highest BCUT2D eigenvalue weighted by molar-refractivity contribution is 5.88. The number of halogens is 1. The van der Waals surface area contributed by atoms with Crippen LogP contribution in [0.4, 0.5) is 10.1 Å². The Kier molecular flexibility index (Phi) is 3.40. The molecule has 2 heterocycles. The fourth-order valence-corrected chi connectivity index (χ4v) is 3.92. The number of nitrogens with two attached hydrogens (primary N) is 1. The SMILES string of the molecule is Cc1cc(F)cc(NC2(C(N)=O)CC3CCC(C2)N3C)c1. The molecule has 1 aromatic rings. The van der Waals surface area contributed by atoms with Gasteiger partial charge in [-0.1, -0.05) is 0 Å². The molecule has 2 saturated heterocycles. The molecule has 2 unspecified atom stereocenters. The second kappa shape index (κ2) is 4.98. The van der Waals surface area contributed by atoms with Crippen LogP contribution in [0, 0.1) is 12.7 Å². The third kappa shape index (κ3) is 2.50. The molecule has 0 spiro atoms. The van der Waals surface area contributed by atoms with Gasteiger partial charge in [0, 0.05) is 17.8 Å². The maximum absolute atomic E-state index is 13.6. The number of piperidine rings is 1. The molecule has 3 rings (SSSR count). The first kappa shape index (κ1) is 14.3. The number of hydrogen-bond donors (Lipinski definition) is 2. The van der Waals surface area contributed by atoms with Crippen molar-refractivity contribution >= 4 is 11.6 Å². The van der Waals surface area contributed by atoms with E-state index in [1.807, 2.05) is 13.0 Å². The van der Waals surface area contributed by atoms with Crippen LogP contribution in [-0.4, -0.2) is 35.5 Å². The molecule has 0 aliphatic carbocycles. The third-order valence-corrected chi connectivity index (χ3v) is 5.05. The summed E-state index contributed by atoms with van der Waals surface area (Å²) in [4.78, 5) is 14.5. The second-order valence-electron chi connectivity index (χ2n) is 6.55. The Hall–Kier alpha value is -1.62. The minimum Gasteiger partial charge on any atom is -0.371 e. The summed E-state index contributed by atoms with van der Waals surface area (Å²) in [5, 5.41) is 3.26. The molecule has 3 N–H and O–H groups in total. The van der Waals surface area contributed by atoms with E-state index in [1.165, 1.54) is 12.1 Å². The van der Waals surface area contributed by atoms with Crippen LogP contribution >= 0.6 is 0 Å². The highest BCUT2D eigenvalue weighted by Crippen LogP contribution is 2.41. The van der Waals surface area contributed by atoms with Gasteiger partial charge in [0.05, 0.1) is 0 Å². The predicted molar refractivity (Wildman–Crippen MR) is 80.5 cm³/mol. The molecule has 114 valence electrons. The van der Waals surface area contributed by atoms with E-state index < -0.39 is 5.54 Å². The van der Waals surface area contributed by atoms with Gasteiger partial charge in [0.1, 0.15) is 11.4 Å². The van der Waals surface area contributed by atoms with Gasteiger partial charge in [-0.25, -0.2) is 4.39 Å². The van der Waals surface area contributed by atoms with Crippen molar-refractivity contribution < 1.29 is 9.18 Å². The Balaban J connectivity index is 1.90. The zero-order valence-electron chi connectivity index (χ0n) is 12.5. The normalized spacial score (nSPS) is 32.1. The average molecular weight is 291 g/mol. The molecule has 2 fully saturated rings. The van der Waals surface area contributed by atoms with Crippen molar-refractivity contribution in [1.29, 1.82) is 0 Å². The van der Waals surface area contributed by atoms with Crippen LogP contribution in [0.3, 0.4) is 0 Å². The molecule has 0 aromatic heterocycles. The lowest BCUT2D eigenvalue weighted by Crippen LogP contribution is -2.59. The van der Waals surface area contributed by atoms with Gasteiger partial charge < -0.3 is 16.0 Å². The number of amides is 1. The minimum absolute atomic E-state index is 0.298. The van der Waals surface area contributed by atoms with Crippen molar-refractivity contribution in [2.24, 2.45) is 5.73 Å². The maximum Gasteiger partial charge on any atom is 0.243 e. The van der Waals surface area contributed by atoms with Crippen molar-refractivity contribution in [2.75, 3.05) is 12.4 Å². The number of carbonyl (C=O) groups excluding carboxylic acids is 1. The maximum atomic E-state index is 13.6. The molecule has 2 bridgehead atoms. The van der Waals surface area contributed by atoms with Crippen molar-refractivity contribution in [2.45, 2.75) is 50.2 Å². The molecular formula is C16H22FN3O. The van der Waals surface area contributed by atoms with Crippen LogP contribution in [0.15, 0.2) is 18.2 Å². The fraction of sp³-hybridized carbons (Fsp3) is 0.562. The Morgan fingerprint density at radius 3 is 2.48 bits per heavy atom. The van der Waals surface area contributed by atoms with Crippen LogP contribution in [0.1, 0.15) is 31.2 Å². The van der Waals surface area contributed by atoms with E-state index in [-0.39, 0.29) is 11.7 Å². The zero-order chi connectivity index (χ0) is 15.2. The Labute approximate surface area is 124 Å². The van der Waals surface area contributed by atoms with E-state index >= 15 is 0 Å². The topological polar surface area (TPSA) is 58.4 Å². The summed E-state index contributed by atoms with van der Waals surface area (Å²) in [5.41, 5.74) is 6.41. The second-order valence-corrected chi connectivity index (χ2v) is 6.55. The molecule has 2 aliphatic heterocycles. The monoisotopic (exact) mass is 291 g/mol. The highest BCUT2D eigenvalue weighted by Gasteiger charge is 2.50. The van der Waals surface area contributed by atoms with Crippen LogP contribution in [0.25, 0.3) is 0 Å². The van der Waals surface area contributed by atoms with Crippen molar-refractivity contribution in [3.63, 3.8) is 0 Å². The number of nitrogens with zero attached hydrogens (tertiary/aromatic N) is 1. The molecule has 2 atom stereocenters. The zero-order valence-corrected chi connectivity index (χ0v) is 12.5. The molecule has 0 saturated carbocycles. The Morgan fingerprint density at radius 2 is 1.95 bits per heavy atom. The van der Waals surface area contributed by atoms with Gasteiger partial charge in [-0.15, -0.1) is 0 Å². The van der Waals surface area contributed by atoms with Gasteiger partial charge in [-0.05, 0) is 63.4 Å². The van der Waals surface area contributed by atoms with Crippen LogP contribution in [0.5, 0.6) is 0 Å². The first-order valence-corrected chi connectivity index (χ1v) is 7.47. The lowest BCUT2D eigenvalue weighted by molar-refractivity contribution is -0.124. The van der Waals surface area contributed by atoms with Gasteiger partial charge in [0.2, 0.25) is 5.91 Å². The molecule has 5 heteroatoms. The number of primary amides is 1. The van der Waals surface area contributed by atoms with Crippen molar-refractivity contribution in [3.05, 3.63) is 29.6 Å². The molecule has 21 heavy (non-hydrogen) atoms. The average Bonchev–Trinajstić information content (AvgIpc) is 2.60. The van der Waals surface area contributed by atoms with Gasteiger partial charge in [-0.2, -0.15) is 0 Å². The molecule has 1 aromatic carbocycles. The smallest absolute Gasteiger partial charge is 0.243 e. The Morgan fingerprint density at radius 1 is 1.33 bits per heavy atom. The summed E-state index contributed by atoms with van der Waals surface area (Å²) in [6.07, 6.45) is 3.57. The third-order valence-electron chi connectivity index (χ3n) is 5.05. The van der Waals surface area contributed by atoms with Crippen LogP contribution < -0.4 is 11.1 Å². The Bertz CT molecular complexity index is 540. The fourth-order valence-electron chi connectivity index (χ4n) is 3.92. The van der Waals surface area contributed by atoms with Crippen molar-refractivity contribution in [1.82, 2.24) is 4.90 Å². The summed E-state index contributed by atoms with van der Waals surface area (Å²) in [5.74, 6) is -0.637. The van der Waals surface area contributed by atoms with Crippen LogP contribution in [-0.2, 0) is 4.79 Å². The molecule has 1 amide bonds. The van der Waals surface area contributed by atoms with Crippen LogP contribution in [0.2, 0.25) is 0 Å². The number of carbonyl (C=O) groups is 1. The van der Waals surface area contributed by atoms with E-state index in [0.717, 1.165) is 18.4 Å². The minimum atomic E-state index is -0.765. The van der Waals surface area contributed by atoms with E-state index in [0.29, 0.717) is 30.6 Å². The summed E-state index contributed by atoms with van der Waals surface area (Å²) in [7, 11) is 2.11. The number of benzene rings is 1. The molecule has 4 nitrogen and oxygen atoms in total. The lowest BCUT2D eigenvalue weighted by atomic mass is 9.82. The number of anilines is 1. The van der Waals surface area contributed by atoms with E-state index in [1.54, 1.807) is 0 Å². The van der Waals surface area contributed by atoms with Gasteiger partial charge in [-0.3, -0.25) is 4.79 Å². The van der Waals surface area contributed by atoms with E-state index in [2.05, 4.69) is 17.3 Å². The standard InChI is InChI=1S/C16H22FN3O/c1-10-5-11(17)7-12(6-10)19-16(15(18)21)8-13-3-4-14(9-16)20(13)2/h5-7,13-14,19H,3-4,8-9H2,1-2H3,(H2,18,21). The first-order chi connectivity index (χ1) is 9.89. The quantitative estimate of drug-likeness (QED) is 0.896. The van der Waals surface area contributed by atoms with E-state index in [4.69, 9.17) is 5.73 Å². The van der Waals surface area contributed by atoms with Gasteiger partial charge >= 0.3 is 0 Å². The van der Waals surface area contributed by atoms with Crippen molar-refractivity contribution in [3.8, 4) is 0 Å². The number of aryl methyl sites for hydroxylation is 1. The number of rotatable bonds is 3. The first-order valence-electron chi connectivity index (χ1n) is 7.47. The predicted octanol–water partition coefficient (Wildman–Crippen LogP) is 2.03.